The van der Waals surface area contributed by atoms with Crippen molar-refractivity contribution >= 4 is 21.9 Å². The van der Waals surface area contributed by atoms with Crippen LogP contribution in [0.1, 0.15) is 23.6 Å². The second-order valence-corrected chi connectivity index (χ2v) is 4.13. The number of pyridine rings is 1. The van der Waals surface area contributed by atoms with Crippen molar-refractivity contribution in [3.05, 3.63) is 28.0 Å². The highest BCUT2D eigenvalue weighted by Gasteiger charge is 2.31. The predicted octanol–water partition coefficient (Wildman–Crippen LogP) is 2.05. The summed E-state index contributed by atoms with van der Waals surface area (Å²) in [7, 11) is 1.41. The van der Waals surface area contributed by atoms with Gasteiger partial charge in [0.25, 0.3) is 0 Å². The molecule has 1 aliphatic carbocycles. The van der Waals surface area contributed by atoms with Crippen LogP contribution in [0.4, 0.5) is 0 Å². The van der Waals surface area contributed by atoms with Crippen LogP contribution >= 0.6 is 15.9 Å². The van der Waals surface area contributed by atoms with Gasteiger partial charge in [0, 0.05) is 10.7 Å². The van der Waals surface area contributed by atoms with Crippen molar-refractivity contribution in [2.45, 2.75) is 18.8 Å². The molecule has 0 radical (unpaired) electrons. The van der Waals surface area contributed by atoms with E-state index in [0.29, 0.717) is 0 Å². The highest BCUT2D eigenvalue weighted by molar-refractivity contribution is 9.10. The largest absolute Gasteiger partial charge is 0.469 e. The Balaban J connectivity index is 2.40. The molecule has 0 aliphatic heterocycles. The van der Waals surface area contributed by atoms with Crippen molar-refractivity contribution in [1.29, 1.82) is 0 Å². The molecule has 3 nitrogen and oxygen atoms in total. The minimum atomic E-state index is -0.186. The maximum absolute atomic E-state index is 11.4. The van der Waals surface area contributed by atoms with E-state index in [4.69, 9.17) is 4.74 Å². The number of fused-ring (bicyclic) bond motifs is 1. The maximum atomic E-state index is 11.4. The standard InChI is InChI=1S/C10H10BrNO2/c1-14-10(13)7-3-2-6-8(11)4-5-12-9(6)7/h4-5,7H,2-3H2,1H3. The van der Waals surface area contributed by atoms with E-state index in [1.807, 2.05) is 6.07 Å². The normalized spacial score (nSPS) is 19.1. The molecular formula is C10H10BrNO2. The first kappa shape index (κ1) is 9.65. The van der Waals surface area contributed by atoms with E-state index in [-0.39, 0.29) is 11.9 Å². The number of hydrogen-bond acceptors (Lipinski definition) is 3. The van der Waals surface area contributed by atoms with Crippen molar-refractivity contribution < 1.29 is 9.53 Å². The Labute approximate surface area is 90.6 Å². The number of halogens is 1. The first-order chi connectivity index (χ1) is 6.74. The number of carbonyl (C=O) groups excluding carboxylic acids is 1. The molecule has 4 heteroatoms. The van der Waals surface area contributed by atoms with Gasteiger partial charge in [-0.05, 0) is 24.5 Å². The zero-order chi connectivity index (χ0) is 10.1. The van der Waals surface area contributed by atoms with Gasteiger partial charge in [-0.15, -0.1) is 0 Å². The summed E-state index contributed by atoms with van der Waals surface area (Å²) in [4.78, 5) is 15.7. The Hall–Kier alpha value is -0.900. The van der Waals surface area contributed by atoms with Crippen LogP contribution in [-0.4, -0.2) is 18.1 Å². The topological polar surface area (TPSA) is 39.2 Å². The summed E-state index contributed by atoms with van der Waals surface area (Å²) in [5.74, 6) is -0.359. The van der Waals surface area contributed by atoms with Gasteiger partial charge < -0.3 is 4.74 Å². The smallest absolute Gasteiger partial charge is 0.314 e. The molecule has 1 aromatic heterocycles. The zero-order valence-electron chi connectivity index (χ0n) is 7.79. The summed E-state index contributed by atoms with van der Waals surface area (Å²) < 4.78 is 5.77. The maximum Gasteiger partial charge on any atom is 0.314 e. The molecule has 74 valence electrons. The van der Waals surface area contributed by atoms with Crippen LogP contribution in [0.15, 0.2) is 16.7 Å². The van der Waals surface area contributed by atoms with Gasteiger partial charge in [0.2, 0.25) is 0 Å². The summed E-state index contributed by atoms with van der Waals surface area (Å²) in [5, 5.41) is 0. The molecule has 0 saturated heterocycles. The third kappa shape index (κ3) is 1.43. The van der Waals surface area contributed by atoms with E-state index in [1.54, 1.807) is 6.20 Å². The quantitative estimate of drug-likeness (QED) is 0.722. The van der Waals surface area contributed by atoms with Crippen LogP contribution in [0.5, 0.6) is 0 Å². The van der Waals surface area contributed by atoms with Gasteiger partial charge >= 0.3 is 5.97 Å². The second-order valence-electron chi connectivity index (χ2n) is 3.27. The fraction of sp³-hybridized carbons (Fsp3) is 0.400. The Morgan fingerprint density at radius 3 is 3.21 bits per heavy atom. The molecule has 0 aromatic carbocycles. The summed E-state index contributed by atoms with van der Waals surface area (Å²) in [6.07, 6.45) is 3.41. The molecule has 0 fully saturated rings. The lowest BCUT2D eigenvalue weighted by molar-refractivity contribution is -0.142. The van der Waals surface area contributed by atoms with E-state index in [1.165, 1.54) is 7.11 Å². The van der Waals surface area contributed by atoms with Crippen molar-refractivity contribution in [3.8, 4) is 0 Å². The van der Waals surface area contributed by atoms with Crippen LogP contribution in [0, 0.1) is 0 Å². The van der Waals surface area contributed by atoms with E-state index in [2.05, 4.69) is 20.9 Å². The third-order valence-electron chi connectivity index (χ3n) is 2.53. The number of rotatable bonds is 1. The van der Waals surface area contributed by atoms with Gasteiger partial charge in [-0.1, -0.05) is 15.9 Å². The molecule has 2 rings (SSSR count). The Morgan fingerprint density at radius 1 is 1.71 bits per heavy atom. The number of methoxy groups -OCH3 is 1. The van der Waals surface area contributed by atoms with Gasteiger partial charge in [0.15, 0.2) is 0 Å². The van der Waals surface area contributed by atoms with Crippen molar-refractivity contribution in [2.24, 2.45) is 0 Å². The van der Waals surface area contributed by atoms with Gasteiger partial charge in [-0.3, -0.25) is 9.78 Å². The van der Waals surface area contributed by atoms with Crippen LogP contribution in [0.3, 0.4) is 0 Å². The van der Waals surface area contributed by atoms with E-state index < -0.39 is 0 Å². The van der Waals surface area contributed by atoms with Gasteiger partial charge in [-0.25, -0.2) is 0 Å². The highest BCUT2D eigenvalue weighted by Crippen LogP contribution is 2.35. The molecule has 0 bridgehead atoms. The van der Waals surface area contributed by atoms with Gasteiger partial charge in [0.1, 0.15) is 0 Å². The molecule has 1 heterocycles. The number of esters is 1. The molecule has 1 aliphatic rings. The lowest BCUT2D eigenvalue weighted by Crippen LogP contribution is -2.12. The van der Waals surface area contributed by atoms with Crippen LogP contribution in [-0.2, 0) is 16.0 Å². The summed E-state index contributed by atoms with van der Waals surface area (Å²) >= 11 is 3.45. The molecule has 1 unspecified atom stereocenters. The Kier molecular flexibility index (Phi) is 2.54. The molecule has 0 saturated carbocycles. The molecule has 1 aromatic rings. The first-order valence-corrected chi connectivity index (χ1v) is 5.24. The predicted molar refractivity (Wildman–Crippen MR) is 55.0 cm³/mol. The molecular weight excluding hydrogens is 246 g/mol. The van der Waals surface area contributed by atoms with Crippen LogP contribution < -0.4 is 0 Å². The number of nitrogens with zero attached hydrogens (tertiary/aromatic N) is 1. The average molecular weight is 256 g/mol. The highest BCUT2D eigenvalue weighted by atomic mass is 79.9. The molecule has 0 N–H and O–H groups in total. The van der Waals surface area contributed by atoms with Crippen molar-refractivity contribution in [2.75, 3.05) is 7.11 Å². The molecule has 0 amide bonds. The summed E-state index contributed by atoms with van der Waals surface area (Å²) in [6, 6.07) is 1.90. The van der Waals surface area contributed by atoms with Crippen LogP contribution in [0.2, 0.25) is 0 Å². The summed E-state index contributed by atoms with van der Waals surface area (Å²) in [5.41, 5.74) is 2.01. The van der Waals surface area contributed by atoms with E-state index in [9.17, 15) is 4.79 Å². The van der Waals surface area contributed by atoms with Gasteiger partial charge in [-0.2, -0.15) is 0 Å². The van der Waals surface area contributed by atoms with Crippen molar-refractivity contribution in [3.63, 3.8) is 0 Å². The first-order valence-electron chi connectivity index (χ1n) is 4.45. The van der Waals surface area contributed by atoms with E-state index >= 15 is 0 Å². The zero-order valence-corrected chi connectivity index (χ0v) is 9.37. The van der Waals surface area contributed by atoms with Gasteiger partial charge in [0.05, 0.1) is 18.7 Å². The lowest BCUT2D eigenvalue weighted by atomic mass is 10.1. The summed E-state index contributed by atoms with van der Waals surface area (Å²) in [6.45, 7) is 0. The monoisotopic (exact) mass is 255 g/mol. The number of hydrogen-bond donors (Lipinski definition) is 0. The Morgan fingerprint density at radius 2 is 2.50 bits per heavy atom. The number of aromatic nitrogens is 1. The fourth-order valence-electron chi connectivity index (χ4n) is 1.83. The van der Waals surface area contributed by atoms with E-state index in [0.717, 1.165) is 28.6 Å². The lowest BCUT2D eigenvalue weighted by Gasteiger charge is -2.07. The minimum Gasteiger partial charge on any atom is -0.469 e. The Bertz CT molecular complexity index is 378. The van der Waals surface area contributed by atoms with Crippen LogP contribution in [0.25, 0.3) is 0 Å². The average Bonchev–Trinajstić information content (AvgIpc) is 2.62. The third-order valence-corrected chi connectivity index (χ3v) is 3.27. The van der Waals surface area contributed by atoms with Crippen molar-refractivity contribution in [1.82, 2.24) is 4.98 Å². The SMILES string of the molecule is COC(=O)C1CCc2c(Br)ccnc21. The molecule has 1 atom stereocenters. The minimum absolute atomic E-state index is 0.174. The number of ether oxygens (including phenoxy) is 1. The number of carbonyl (C=O) groups is 1. The molecule has 14 heavy (non-hydrogen) atoms. The molecule has 0 spiro atoms. The second kappa shape index (κ2) is 3.69. The fourth-order valence-corrected chi connectivity index (χ4v) is 2.35.